The second-order valence-electron chi connectivity index (χ2n) is 6.58. The minimum Gasteiger partial charge on any atom is -0.508 e. The summed E-state index contributed by atoms with van der Waals surface area (Å²) in [4.78, 5) is 17.0. The van der Waals surface area contributed by atoms with Gasteiger partial charge in [-0.3, -0.25) is 9.89 Å². The molecule has 4 rings (SSSR count). The highest BCUT2D eigenvalue weighted by molar-refractivity contribution is 6.08. The third-order valence-electron chi connectivity index (χ3n) is 4.59. The highest BCUT2D eigenvalue weighted by Gasteiger charge is 2.15. The van der Waals surface area contributed by atoms with Crippen LogP contribution in [0.4, 0.5) is 5.69 Å². The first-order chi connectivity index (χ1) is 13.5. The average Bonchev–Trinajstić information content (AvgIpc) is 3.18. The van der Waals surface area contributed by atoms with Gasteiger partial charge in [-0.2, -0.15) is 5.10 Å². The molecule has 140 valence electrons. The zero-order valence-electron chi connectivity index (χ0n) is 15.2. The van der Waals surface area contributed by atoms with Gasteiger partial charge in [-0.1, -0.05) is 18.2 Å². The monoisotopic (exact) mass is 373 g/mol. The normalized spacial score (nSPS) is 12.1. The molecule has 4 aromatic rings. The van der Waals surface area contributed by atoms with Crippen molar-refractivity contribution in [2.75, 3.05) is 5.32 Å². The number of hydrogen-bond donors (Lipinski definition) is 4. The molecule has 2 aromatic carbocycles. The Labute approximate surface area is 161 Å². The summed E-state index contributed by atoms with van der Waals surface area (Å²) in [6, 6.07) is 13.8. The predicted octanol–water partition coefficient (Wildman–Crippen LogP) is 3.60. The van der Waals surface area contributed by atoms with Gasteiger partial charge in [-0.05, 0) is 53.9 Å². The lowest BCUT2D eigenvalue weighted by atomic mass is 9.93. The van der Waals surface area contributed by atoms with Crippen LogP contribution >= 0.6 is 0 Å². The van der Waals surface area contributed by atoms with E-state index in [1.807, 2.05) is 19.1 Å². The van der Waals surface area contributed by atoms with E-state index in [-0.39, 0.29) is 17.7 Å². The molecule has 5 N–H and O–H groups in total. The number of amides is 1. The van der Waals surface area contributed by atoms with Gasteiger partial charge in [-0.15, -0.1) is 0 Å². The predicted molar refractivity (Wildman–Crippen MR) is 108 cm³/mol. The van der Waals surface area contributed by atoms with Crippen molar-refractivity contribution >= 4 is 22.6 Å². The summed E-state index contributed by atoms with van der Waals surface area (Å²) >= 11 is 0. The molecule has 0 saturated heterocycles. The van der Waals surface area contributed by atoms with Gasteiger partial charge in [0.1, 0.15) is 5.75 Å². The van der Waals surface area contributed by atoms with E-state index in [0.717, 1.165) is 22.1 Å². The molecule has 0 bridgehead atoms. The number of pyridine rings is 1. The lowest BCUT2D eigenvalue weighted by Crippen LogP contribution is -2.14. The van der Waals surface area contributed by atoms with Crippen LogP contribution in [-0.2, 0) is 0 Å². The average molecular weight is 373 g/mol. The van der Waals surface area contributed by atoms with Crippen molar-refractivity contribution in [2.24, 2.45) is 5.73 Å². The van der Waals surface area contributed by atoms with Crippen LogP contribution in [0.2, 0.25) is 0 Å². The quantitative estimate of drug-likeness (QED) is 0.436. The van der Waals surface area contributed by atoms with Crippen LogP contribution in [0, 0.1) is 0 Å². The summed E-state index contributed by atoms with van der Waals surface area (Å²) in [6.07, 6.45) is 3.23. The summed E-state index contributed by atoms with van der Waals surface area (Å²) in [5.74, 6) is -0.0632. The molecule has 1 atom stereocenters. The summed E-state index contributed by atoms with van der Waals surface area (Å²) < 4.78 is 0. The van der Waals surface area contributed by atoms with Crippen LogP contribution in [0.15, 0.2) is 60.9 Å². The Bertz CT molecular complexity index is 1150. The van der Waals surface area contributed by atoms with Gasteiger partial charge in [0.05, 0.1) is 17.3 Å². The van der Waals surface area contributed by atoms with E-state index in [4.69, 9.17) is 5.73 Å². The molecular weight excluding hydrogens is 354 g/mol. The fourth-order valence-electron chi connectivity index (χ4n) is 3.14. The third kappa shape index (κ3) is 3.30. The van der Waals surface area contributed by atoms with Crippen molar-refractivity contribution in [3.63, 3.8) is 0 Å². The highest BCUT2D eigenvalue weighted by atomic mass is 16.3. The summed E-state index contributed by atoms with van der Waals surface area (Å²) in [6.45, 7) is 1.89. The maximum Gasteiger partial charge on any atom is 0.255 e. The van der Waals surface area contributed by atoms with Gasteiger partial charge < -0.3 is 16.2 Å². The number of phenols is 1. The molecule has 1 amide bonds. The maximum atomic E-state index is 12.9. The Hall–Kier alpha value is -3.71. The van der Waals surface area contributed by atoms with Crippen LogP contribution in [0.1, 0.15) is 28.9 Å². The molecule has 7 heteroatoms. The molecule has 0 spiro atoms. The van der Waals surface area contributed by atoms with Crippen LogP contribution in [-0.4, -0.2) is 26.2 Å². The minimum absolute atomic E-state index is 0.182. The van der Waals surface area contributed by atoms with Gasteiger partial charge in [0.25, 0.3) is 5.91 Å². The molecule has 1 unspecified atom stereocenters. The SMILES string of the molecule is CC(N)c1ccc(C(=O)Nc2ccnc3[nH]ncc23)cc1-c1ccc(O)cc1. The maximum absolute atomic E-state index is 12.9. The minimum atomic E-state index is -0.245. The summed E-state index contributed by atoms with van der Waals surface area (Å²) in [5.41, 5.74) is 10.5. The van der Waals surface area contributed by atoms with Crippen LogP contribution < -0.4 is 11.1 Å². The Morgan fingerprint density at radius 2 is 1.96 bits per heavy atom. The molecule has 2 heterocycles. The standard InChI is InChI=1S/C21H19N5O2/c1-12(22)16-7-4-14(10-17(16)13-2-5-15(27)6-3-13)21(28)25-19-8-9-23-20-18(19)11-24-26-20/h2-12,27H,22H2,1H3,(H2,23,24,25,26,28). The third-order valence-corrected chi connectivity index (χ3v) is 4.59. The van der Waals surface area contributed by atoms with E-state index >= 15 is 0 Å². The number of H-pyrrole nitrogens is 1. The van der Waals surface area contributed by atoms with Gasteiger partial charge in [0, 0.05) is 17.8 Å². The molecule has 28 heavy (non-hydrogen) atoms. The molecule has 2 aromatic heterocycles. The van der Waals surface area contributed by atoms with Crippen LogP contribution in [0.3, 0.4) is 0 Å². The molecular formula is C21H19N5O2. The fraction of sp³-hybridized carbons (Fsp3) is 0.0952. The molecule has 0 radical (unpaired) electrons. The Morgan fingerprint density at radius 1 is 1.18 bits per heavy atom. The van der Waals surface area contributed by atoms with E-state index in [0.29, 0.717) is 16.9 Å². The first-order valence-electron chi connectivity index (χ1n) is 8.81. The lowest BCUT2D eigenvalue weighted by molar-refractivity contribution is 0.102. The number of aromatic amines is 1. The second kappa shape index (κ2) is 7.13. The van der Waals surface area contributed by atoms with Crippen molar-refractivity contribution in [3.05, 3.63) is 72.1 Å². The van der Waals surface area contributed by atoms with E-state index in [9.17, 15) is 9.90 Å². The van der Waals surface area contributed by atoms with Gasteiger partial charge in [0.15, 0.2) is 5.65 Å². The van der Waals surface area contributed by atoms with Crippen molar-refractivity contribution in [3.8, 4) is 16.9 Å². The van der Waals surface area contributed by atoms with Gasteiger partial charge in [-0.25, -0.2) is 4.98 Å². The fourth-order valence-corrected chi connectivity index (χ4v) is 3.14. The Kier molecular flexibility index (Phi) is 4.50. The topological polar surface area (TPSA) is 117 Å². The number of nitrogens with zero attached hydrogens (tertiary/aromatic N) is 2. The summed E-state index contributed by atoms with van der Waals surface area (Å²) in [5, 5.41) is 19.9. The lowest BCUT2D eigenvalue weighted by Gasteiger charge is -2.15. The largest absolute Gasteiger partial charge is 0.508 e. The van der Waals surface area contributed by atoms with Crippen molar-refractivity contribution in [1.82, 2.24) is 15.2 Å². The molecule has 0 aliphatic heterocycles. The second-order valence-corrected chi connectivity index (χ2v) is 6.58. The number of nitrogens with two attached hydrogens (primary N) is 1. The number of benzene rings is 2. The number of carbonyl (C=O) groups excluding carboxylic acids is 1. The molecule has 0 saturated carbocycles. The van der Waals surface area contributed by atoms with Crippen molar-refractivity contribution < 1.29 is 9.90 Å². The van der Waals surface area contributed by atoms with E-state index < -0.39 is 0 Å². The van der Waals surface area contributed by atoms with Gasteiger partial charge >= 0.3 is 0 Å². The van der Waals surface area contributed by atoms with E-state index in [1.54, 1.807) is 48.8 Å². The van der Waals surface area contributed by atoms with Crippen molar-refractivity contribution in [1.29, 1.82) is 0 Å². The van der Waals surface area contributed by atoms with Crippen LogP contribution in [0.5, 0.6) is 5.75 Å². The number of aromatic hydroxyl groups is 1. The number of fused-ring (bicyclic) bond motifs is 1. The number of phenolic OH excluding ortho intramolecular Hbond substituents is 1. The van der Waals surface area contributed by atoms with Crippen molar-refractivity contribution in [2.45, 2.75) is 13.0 Å². The first kappa shape index (κ1) is 17.7. The number of hydrogen-bond acceptors (Lipinski definition) is 5. The number of carbonyl (C=O) groups is 1. The zero-order valence-corrected chi connectivity index (χ0v) is 15.2. The number of nitrogens with one attached hydrogen (secondary N) is 2. The first-order valence-corrected chi connectivity index (χ1v) is 8.81. The number of rotatable bonds is 4. The zero-order chi connectivity index (χ0) is 19.7. The smallest absolute Gasteiger partial charge is 0.255 e. The Morgan fingerprint density at radius 3 is 2.71 bits per heavy atom. The van der Waals surface area contributed by atoms with E-state index in [2.05, 4.69) is 20.5 Å². The molecule has 7 nitrogen and oxygen atoms in total. The molecule has 0 aliphatic carbocycles. The highest BCUT2D eigenvalue weighted by Crippen LogP contribution is 2.30. The Balaban J connectivity index is 1.71. The van der Waals surface area contributed by atoms with Crippen LogP contribution in [0.25, 0.3) is 22.2 Å². The molecule has 0 aliphatic rings. The molecule has 0 fully saturated rings. The van der Waals surface area contributed by atoms with E-state index in [1.165, 1.54) is 0 Å². The number of aromatic nitrogens is 3. The van der Waals surface area contributed by atoms with Gasteiger partial charge in [0.2, 0.25) is 0 Å². The summed E-state index contributed by atoms with van der Waals surface area (Å²) in [7, 11) is 0. The number of anilines is 1.